The lowest BCUT2D eigenvalue weighted by Gasteiger charge is -2.35. The van der Waals surface area contributed by atoms with Crippen molar-refractivity contribution in [1.29, 1.82) is 0 Å². The Morgan fingerprint density at radius 1 is 0.267 bits per heavy atom. The van der Waals surface area contributed by atoms with Gasteiger partial charge in [-0.2, -0.15) is 0 Å². The number of rotatable bonds is 8. The number of hydrogen-bond donors (Lipinski definition) is 0. The van der Waals surface area contributed by atoms with Crippen LogP contribution in [0.4, 0.5) is 17.1 Å². The van der Waals surface area contributed by atoms with Gasteiger partial charge in [-0.25, -0.2) is 0 Å². The summed E-state index contributed by atoms with van der Waals surface area (Å²) in [5, 5.41) is 2.53. The molecule has 0 aromatic heterocycles. The third-order valence-corrected chi connectivity index (χ3v) is 12.3. The van der Waals surface area contributed by atoms with Crippen molar-refractivity contribution >= 4 is 27.8 Å². The van der Waals surface area contributed by atoms with Crippen LogP contribution in [-0.4, -0.2) is 0 Å². The molecule has 0 fully saturated rings. The molecule has 1 aliphatic rings. The fraction of sp³-hybridized carbons (Fsp3) is 0.0169. The van der Waals surface area contributed by atoms with Crippen LogP contribution in [0.25, 0.3) is 55.3 Å². The number of fused-ring (bicyclic) bond motifs is 5. The number of benzene rings is 10. The number of para-hydroxylation sites is 1. The lowest BCUT2D eigenvalue weighted by Crippen LogP contribution is -2.29. The molecule has 1 aliphatic carbocycles. The Morgan fingerprint density at radius 2 is 0.683 bits per heavy atom. The maximum absolute atomic E-state index is 2.47. The van der Waals surface area contributed by atoms with Crippen molar-refractivity contribution < 1.29 is 0 Å². The summed E-state index contributed by atoms with van der Waals surface area (Å²) in [5.41, 5.74) is 17.7. The zero-order valence-electron chi connectivity index (χ0n) is 33.1. The quantitative estimate of drug-likeness (QED) is 0.149. The minimum absolute atomic E-state index is 0.546. The molecule has 10 aromatic carbocycles. The van der Waals surface area contributed by atoms with Gasteiger partial charge in [0, 0.05) is 17.1 Å². The van der Waals surface area contributed by atoms with Gasteiger partial charge in [-0.05, 0) is 120 Å². The Morgan fingerprint density at radius 3 is 1.25 bits per heavy atom. The Balaban J connectivity index is 1.12. The summed E-state index contributed by atoms with van der Waals surface area (Å²) in [5.74, 6) is 0. The van der Waals surface area contributed by atoms with Crippen molar-refractivity contribution in [3.8, 4) is 44.5 Å². The maximum Gasteiger partial charge on any atom is 0.0719 e. The van der Waals surface area contributed by atoms with E-state index in [-0.39, 0.29) is 0 Å². The number of hydrogen-bond acceptors (Lipinski definition) is 1. The molecule has 0 N–H and O–H groups in total. The van der Waals surface area contributed by atoms with Crippen molar-refractivity contribution in [2.45, 2.75) is 5.41 Å². The lowest BCUT2D eigenvalue weighted by molar-refractivity contribution is 0.775. The highest BCUT2D eigenvalue weighted by molar-refractivity contribution is 6.08. The van der Waals surface area contributed by atoms with Crippen LogP contribution >= 0.6 is 0 Å². The van der Waals surface area contributed by atoms with Crippen molar-refractivity contribution in [2.24, 2.45) is 0 Å². The standard InChI is InChI=1S/C59H41N/c1-6-18-42(19-7-1)43-30-32-44(33-31-43)45-34-36-50(37-35-45)60(49-26-14-5-15-27-49)51-38-39-57-55(40-51)56-41-54(46-20-8-2-9-21-46)52-28-16-17-29-53(52)58(56)59(57,47-22-10-3-11-23-47)48-24-12-4-13-25-48/h1-41H. The summed E-state index contributed by atoms with van der Waals surface area (Å²) in [6.07, 6.45) is 0. The van der Waals surface area contributed by atoms with Crippen LogP contribution in [-0.2, 0) is 5.41 Å². The summed E-state index contributed by atoms with van der Waals surface area (Å²) >= 11 is 0. The third kappa shape index (κ3) is 5.86. The summed E-state index contributed by atoms with van der Waals surface area (Å²) < 4.78 is 0. The molecule has 11 rings (SSSR count). The third-order valence-electron chi connectivity index (χ3n) is 12.3. The first kappa shape index (κ1) is 35.4. The van der Waals surface area contributed by atoms with E-state index >= 15 is 0 Å². The monoisotopic (exact) mass is 763 g/mol. The molecule has 10 aromatic rings. The molecule has 0 unspecified atom stereocenters. The van der Waals surface area contributed by atoms with Gasteiger partial charge in [-0.1, -0.05) is 206 Å². The fourth-order valence-electron chi connectivity index (χ4n) is 9.66. The van der Waals surface area contributed by atoms with Crippen molar-refractivity contribution in [2.75, 3.05) is 4.90 Å². The number of anilines is 3. The predicted molar refractivity (Wildman–Crippen MR) is 252 cm³/mol. The molecule has 0 radical (unpaired) electrons. The Labute approximate surface area is 352 Å². The average molecular weight is 764 g/mol. The van der Waals surface area contributed by atoms with Crippen LogP contribution in [0.2, 0.25) is 0 Å². The Kier molecular flexibility index (Phi) is 8.79. The smallest absolute Gasteiger partial charge is 0.0719 e. The van der Waals surface area contributed by atoms with E-state index in [1.807, 2.05) is 0 Å². The van der Waals surface area contributed by atoms with Gasteiger partial charge in [0.25, 0.3) is 0 Å². The molecular weight excluding hydrogens is 723 g/mol. The molecule has 1 nitrogen and oxygen atoms in total. The molecule has 1 heteroatoms. The number of nitrogens with zero attached hydrogens (tertiary/aromatic N) is 1. The SMILES string of the molecule is c1ccc(-c2ccc(-c3ccc(N(c4ccccc4)c4ccc5c(c4)-c4cc(-c6ccccc6)c6ccccc6c4C5(c4ccccc4)c4ccccc4)cc3)cc2)cc1. The molecule has 60 heavy (non-hydrogen) atoms. The second-order valence-electron chi connectivity index (χ2n) is 15.6. The minimum Gasteiger partial charge on any atom is -0.310 e. The van der Waals surface area contributed by atoms with Gasteiger partial charge < -0.3 is 4.90 Å². The zero-order chi connectivity index (χ0) is 39.9. The molecule has 0 spiro atoms. The van der Waals surface area contributed by atoms with E-state index in [2.05, 4.69) is 254 Å². The van der Waals surface area contributed by atoms with Crippen LogP contribution < -0.4 is 4.90 Å². The zero-order valence-corrected chi connectivity index (χ0v) is 33.1. The van der Waals surface area contributed by atoms with E-state index in [1.54, 1.807) is 0 Å². The summed E-state index contributed by atoms with van der Waals surface area (Å²) in [6, 6.07) is 91.0. The van der Waals surface area contributed by atoms with Crippen molar-refractivity contribution in [3.63, 3.8) is 0 Å². The second kappa shape index (κ2) is 14.9. The highest BCUT2D eigenvalue weighted by Crippen LogP contribution is 2.60. The summed E-state index contributed by atoms with van der Waals surface area (Å²) in [7, 11) is 0. The highest BCUT2D eigenvalue weighted by Gasteiger charge is 2.47. The lowest BCUT2D eigenvalue weighted by atomic mass is 9.66. The predicted octanol–water partition coefficient (Wildman–Crippen LogP) is 15.7. The average Bonchev–Trinajstić information content (AvgIpc) is 3.64. The Bertz CT molecular complexity index is 3050. The van der Waals surface area contributed by atoms with Gasteiger partial charge in [0.2, 0.25) is 0 Å². The largest absolute Gasteiger partial charge is 0.310 e. The van der Waals surface area contributed by atoms with Crippen molar-refractivity contribution in [3.05, 3.63) is 271 Å². The molecule has 0 saturated carbocycles. The van der Waals surface area contributed by atoms with Crippen LogP contribution in [0.1, 0.15) is 22.3 Å². The highest BCUT2D eigenvalue weighted by atomic mass is 15.1. The molecular formula is C59H41N. The normalized spacial score (nSPS) is 12.5. The first-order valence-corrected chi connectivity index (χ1v) is 20.8. The summed E-state index contributed by atoms with van der Waals surface area (Å²) in [6.45, 7) is 0. The van der Waals surface area contributed by atoms with Gasteiger partial charge in [0.15, 0.2) is 0 Å². The molecule has 0 atom stereocenters. The van der Waals surface area contributed by atoms with Gasteiger partial charge in [-0.3, -0.25) is 0 Å². The molecule has 282 valence electrons. The Hall–Kier alpha value is -7.74. The van der Waals surface area contributed by atoms with E-state index in [0.29, 0.717) is 0 Å². The molecule has 0 bridgehead atoms. The van der Waals surface area contributed by atoms with Crippen LogP contribution in [0.15, 0.2) is 249 Å². The second-order valence-corrected chi connectivity index (χ2v) is 15.6. The van der Waals surface area contributed by atoms with E-state index < -0.39 is 5.41 Å². The van der Waals surface area contributed by atoms with E-state index in [0.717, 1.165) is 17.1 Å². The van der Waals surface area contributed by atoms with Crippen LogP contribution in [0, 0.1) is 0 Å². The molecule has 0 amide bonds. The first-order valence-electron chi connectivity index (χ1n) is 20.8. The van der Waals surface area contributed by atoms with Crippen LogP contribution in [0.5, 0.6) is 0 Å². The van der Waals surface area contributed by atoms with Gasteiger partial charge in [0.1, 0.15) is 0 Å². The topological polar surface area (TPSA) is 3.24 Å². The fourth-order valence-corrected chi connectivity index (χ4v) is 9.66. The van der Waals surface area contributed by atoms with Crippen LogP contribution in [0.3, 0.4) is 0 Å². The van der Waals surface area contributed by atoms with E-state index in [9.17, 15) is 0 Å². The maximum atomic E-state index is 2.47. The minimum atomic E-state index is -0.546. The molecule has 0 saturated heterocycles. The van der Waals surface area contributed by atoms with Gasteiger partial charge in [-0.15, -0.1) is 0 Å². The van der Waals surface area contributed by atoms with E-state index in [4.69, 9.17) is 0 Å². The molecule has 0 aliphatic heterocycles. The molecule has 0 heterocycles. The first-order chi connectivity index (χ1) is 29.8. The summed E-state index contributed by atoms with van der Waals surface area (Å²) in [4.78, 5) is 2.40. The van der Waals surface area contributed by atoms with Gasteiger partial charge in [0.05, 0.1) is 5.41 Å². The van der Waals surface area contributed by atoms with E-state index in [1.165, 1.54) is 77.5 Å². The van der Waals surface area contributed by atoms with Gasteiger partial charge >= 0.3 is 0 Å². The van der Waals surface area contributed by atoms with Crippen molar-refractivity contribution in [1.82, 2.24) is 0 Å².